The lowest BCUT2D eigenvalue weighted by Gasteiger charge is -2.06. The highest BCUT2D eigenvalue weighted by atomic mass is 35.5. The van der Waals surface area contributed by atoms with Crippen LogP contribution >= 0.6 is 11.6 Å². The SMILES string of the molecule is O=C(O)c1ccc(CCOS(=O)[O-])cc1Cl. The maximum absolute atomic E-state index is 10.6. The summed E-state index contributed by atoms with van der Waals surface area (Å²) < 4.78 is 24.5. The first-order valence-electron chi connectivity index (χ1n) is 4.25. The Balaban J connectivity index is 2.66. The predicted molar refractivity (Wildman–Crippen MR) is 57.0 cm³/mol. The van der Waals surface area contributed by atoms with E-state index in [4.69, 9.17) is 16.7 Å². The number of halogens is 1. The van der Waals surface area contributed by atoms with Gasteiger partial charge in [0.25, 0.3) is 0 Å². The standard InChI is InChI=1S/C9H9ClO5S/c10-8-5-6(3-4-15-16(13)14)1-2-7(8)9(11)12/h1-2,5H,3-4H2,(H,11,12)(H,13,14)/p-1. The summed E-state index contributed by atoms with van der Waals surface area (Å²) in [7, 11) is 0. The molecular weight excluding hydrogens is 256 g/mol. The van der Waals surface area contributed by atoms with Crippen molar-refractivity contribution >= 4 is 28.9 Å². The molecule has 1 atom stereocenters. The molecule has 0 saturated heterocycles. The molecule has 0 heterocycles. The molecule has 0 spiro atoms. The van der Waals surface area contributed by atoms with Crippen molar-refractivity contribution in [2.45, 2.75) is 6.42 Å². The van der Waals surface area contributed by atoms with E-state index in [1.165, 1.54) is 12.1 Å². The smallest absolute Gasteiger partial charge is 0.337 e. The monoisotopic (exact) mass is 263 g/mol. The number of carboxylic acids is 1. The highest BCUT2D eigenvalue weighted by Crippen LogP contribution is 2.18. The first kappa shape index (κ1) is 13.1. The molecule has 1 aromatic carbocycles. The second kappa shape index (κ2) is 5.95. The summed E-state index contributed by atoms with van der Waals surface area (Å²) in [6.07, 6.45) is 0.341. The lowest BCUT2D eigenvalue weighted by molar-refractivity contribution is 0.0697. The van der Waals surface area contributed by atoms with Crippen molar-refractivity contribution in [3.63, 3.8) is 0 Å². The molecule has 0 radical (unpaired) electrons. The maximum atomic E-state index is 10.6. The van der Waals surface area contributed by atoms with Gasteiger partial charge in [0.2, 0.25) is 0 Å². The van der Waals surface area contributed by atoms with E-state index in [1.54, 1.807) is 6.07 Å². The molecule has 5 nitrogen and oxygen atoms in total. The van der Waals surface area contributed by atoms with Crippen LogP contribution in [0.25, 0.3) is 0 Å². The van der Waals surface area contributed by atoms with E-state index in [2.05, 4.69) is 4.18 Å². The molecule has 0 aliphatic carbocycles. The van der Waals surface area contributed by atoms with Gasteiger partial charge in [-0.1, -0.05) is 17.7 Å². The quantitative estimate of drug-likeness (QED) is 0.811. The van der Waals surface area contributed by atoms with E-state index in [1.807, 2.05) is 0 Å². The topological polar surface area (TPSA) is 86.7 Å². The van der Waals surface area contributed by atoms with Crippen molar-refractivity contribution in [1.29, 1.82) is 0 Å². The third-order valence-electron chi connectivity index (χ3n) is 1.83. The minimum atomic E-state index is -2.53. The van der Waals surface area contributed by atoms with E-state index in [0.29, 0.717) is 12.0 Å². The van der Waals surface area contributed by atoms with Gasteiger partial charge in [-0.25, -0.2) is 9.00 Å². The maximum Gasteiger partial charge on any atom is 0.337 e. The van der Waals surface area contributed by atoms with E-state index in [0.717, 1.165) is 0 Å². The number of carboxylic acid groups (broad SMARTS) is 1. The Bertz CT molecular complexity index is 420. The Kier molecular flexibility index (Phi) is 4.88. The molecule has 88 valence electrons. The number of hydrogen-bond acceptors (Lipinski definition) is 4. The van der Waals surface area contributed by atoms with Gasteiger partial charge >= 0.3 is 5.97 Å². The van der Waals surface area contributed by atoms with Crippen molar-refractivity contribution in [2.75, 3.05) is 6.61 Å². The third-order valence-corrected chi connectivity index (χ3v) is 2.51. The molecular formula is C9H8ClO5S-. The van der Waals surface area contributed by atoms with Gasteiger partial charge in [-0.2, -0.15) is 0 Å². The van der Waals surface area contributed by atoms with Gasteiger partial charge in [-0.05, 0) is 24.1 Å². The summed E-state index contributed by atoms with van der Waals surface area (Å²) in [5.74, 6) is -1.10. The first-order valence-corrected chi connectivity index (χ1v) is 5.62. The summed E-state index contributed by atoms with van der Waals surface area (Å²) in [6, 6.07) is 4.41. The summed E-state index contributed by atoms with van der Waals surface area (Å²) in [6.45, 7) is -0.00113. The van der Waals surface area contributed by atoms with E-state index < -0.39 is 17.3 Å². The van der Waals surface area contributed by atoms with Gasteiger partial charge in [0.15, 0.2) is 0 Å². The molecule has 0 aromatic heterocycles. The minimum absolute atomic E-state index is 0.00113. The normalized spacial score (nSPS) is 12.4. The third kappa shape index (κ3) is 3.90. The molecule has 1 unspecified atom stereocenters. The molecule has 7 heteroatoms. The van der Waals surface area contributed by atoms with Gasteiger partial charge in [0, 0.05) is 0 Å². The second-order valence-electron chi connectivity index (χ2n) is 2.90. The Morgan fingerprint density at radius 3 is 2.75 bits per heavy atom. The Morgan fingerprint density at radius 2 is 2.25 bits per heavy atom. The van der Waals surface area contributed by atoms with Gasteiger partial charge in [-0.3, -0.25) is 0 Å². The van der Waals surface area contributed by atoms with Gasteiger partial charge in [0.1, 0.15) is 0 Å². The molecule has 0 bridgehead atoms. The largest absolute Gasteiger partial charge is 0.750 e. The number of aromatic carboxylic acids is 1. The van der Waals surface area contributed by atoms with Crippen molar-refractivity contribution in [2.24, 2.45) is 0 Å². The average molecular weight is 264 g/mol. The van der Waals surface area contributed by atoms with Crippen molar-refractivity contribution in [3.05, 3.63) is 34.3 Å². The fourth-order valence-electron chi connectivity index (χ4n) is 1.12. The molecule has 1 N–H and O–H groups in total. The highest BCUT2D eigenvalue weighted by molar-refractivity contribution is 7.74. The molecule has 0 aliphatic heterocycles. The summed E-state index contributed by atoms with van der Waals surface area (Å²) in [4.78, 5) is 10.6. The second-order valence-corrected chi connectivity index (χ2v) is 3.95. The zero-order valence-corrected chi connectivity index (χ0v) is 9.59. The van der Waals surface area contributed by atoms with Crippen LogP contribution in [-0.2, 0) is 22.0 Å². The molecule has 1 rings (SSSR count). The first-order chi connectivity index (χ1) is 7.50. The Labute approximate surface area is 99.5 Å². The number of carbonyl (C=O) groups is 1. The molecule has 0 aliphatic rings. The molecule has 0 fully saturated rings. The number of rotatable bonds is 5. The van der Waals surface area contributed by atoms with Crippen LogP contribution < -0.4 is 0 Å². The van der Waals surface area contributed by atoms with Crippen molar-refractivity contribution in [3.8, 4) is 0 Å². The van der Waals surface area contributed by atoms with Crippen LogP contribution in [0, 0.1) is 0 Å². The van der Waals surface area contributed by atoms with Crippen LogP contribution in [0.4, 0.5) is 0 Å². The van der Waals surface area contributed by atoms with Gasteiger partial charge in [0.05, 0.1) is 28.6 Å². The fraction of sp³-hybridized carbons (Fsp3) is 0.222. The molecule has 1 aromatic rings. The average Bonchev–Trinajstić information content (AvgIpc) is 2.16. The predicted octanol–water partition coefficient (Wildman–Crippen LogP) is 1.39. The van der Waals surface area contributed by atoms with Crippen LogP contribution in [0.2, 0.25) is 5.02 Å². The van der Waals surface area contributed by atoms with Gasteiger partial charge in [-0.15, -0.1) is 0 Å². The highest BCUT2D eigenvalue weighted by Gasteiger charge is 2.08. The zero-order valence-electron chi connectivity index (χ0n) is 8.01. The van der Waals surface area contributed by atoms with E-state index in [9.17, 15) is 13.6 Å². The fourth-order valence-corrected chi connectivity index (χ4v) is 1.62. The summed E-state index contributed by atoms with van der Waals surface area (Å²) in [5, 5.41) is 8.83. The van der Waals surface area contributed by atoms with E-state index in [-0.39, 0.29) is 17.2 Å². The number of hydrogen-bond donors (Lipinski definition) is 1. The van der Waals surface area contributed by atoms with Crippen LogP contribution in [0.3, 0.4) is 0 Å². The van der Waals surface area contributed by atoms with Crippen molar-refractivity contribution in [1.82, 2.24) is 0 Å². The minimum Gasteiger partial charge on any atom is -0.750 e. The van der Waals surface area contributed by atoms with Crippen LogP contribution in [-0.4, -0.2) is 26.4 Å². The Hall–Kier alpha value is -0.950. The lowest BCUT2D eigenvalue weighted by Crippen LogP contribution is -2.02. The van der Waals surface area contributed by atoms with Gasteiger partial charge < -0.3 is 13.8 Å². The van der Waals surface area contributed by atoms with Crippen LogP contribution in [0.1, 0.15) is 15.9 Å². The lowest BCUT2D eigenvalue weighted by atomic mass is 10.1. The molecule has 0 saturated carbocycles. The Morgan fingerprint density at radius 1 is 1.56 bits per heavy atom. The van der Waals surface area contributed by atoms with Crippen molar-refractivity contribution < 1.29 is 22.8 Å². The summed E-state index contributed by atoms with van der Waals surface area (Å²) in [5.41, 5.74) is 0.721. The number of benzene rings is 1. The van der Waals surface area contributed by atoms with Crippen LogP contribution in [0.15, 0.2) is 18.2 Å². The van der Waals surface area contributed by atoms with E-state index >= 15 is 0 Å². The summed E-state index contributed by atoms with van der Waals surface area (Å²) >= 11 is 3.19. The zero-order chi connectivity index (χ0) is 12.1. The van der Waals surface area contributed by atoms with Crippen LogP contribution in [0.5, 0.6) is 0 Å². The molecule has 16 heavy (non-hydrogen) atoms. The molecule has 0 amide bonds.